The third kappa shape index (κ3) is 1.35. The molecule has 1 aromatic carbocycles. The molecule has 0 atom stereocenters. The summed E-state index contributed by atoms with van der Waals surface area (Å²) in [5, 5.41) is 18.6. The lowest BCUT2D eigenvalue weighted by molar-refractivity contribution is -0.147. The van der Waals surface area contributed by atoms with Crippen LogP contribution in [0.5, 0.6) is 5.75 Å². The van der Waals surface area contributed by atoms with Gasteiger partial charge in [0.05, 0.1) is 5.41 Å². The van der Waals surface area contributed by atoms with E-state index in [4.69, 9.17) is 5.11 Å². The van der Waals surface area contributed by atoms with E-state index in [1.807, 2.05) is 0 Å². The zero-order valence-corrected chi connectivity index (χ0v) is 8.33. The topological polar surface area (TPSA) is 57.5 Å². The Balaban J connectivity index is 2.59. The van der Waals surface area contributed by atoms with Gasteiger partial charge in [-0.25, -0.2) is 8.78 Å². The predicted molar refractivity (Wildman–Crippen MR) is 51.2 cm³/mol. The summed E-state index contributed by atoms with van der Waals surface area (Å²) in [6.45, 7) is 0. The van der Waals surface area contributed by atoms with Crippen molar-refractivity contribution in [3.8, 4) is 5.75 Å². The SMILES string of the molecule is O=C(O)C1(c2c(O)cc(F)cc2F)CCC1. The van der Waals surface area contributed by atoms with E-state index in [-0.39, 0.29) is 18.4 Å². The standard InChI is InChI=1S/C11H10F2O3/c12-6-4-7(13)9(8(14)5-6)11(10(15)16)2-1-3-11/h4-5,14H,1-3H2,(H,15,16). The van der Waals surface area contributed by atoms with Crippen molar-refractivity contribution >= 4 is 5.97 Å². The van der Waals surface area contributed by atoms with Crippen molar-refractivity contribution in [2.24, 2.45) is 0 Å². The molecule has 0 heterocycles. The first kappa shape index (κ1) is 10.9. The van der Waals surface area contributed by atoms with Crippen molar-refractivity contribution in [3.05, 3.63) is 29.3 Å². The van der Waals surface area contributed by atoms with Crippen LogP contribution in [0.2, 0.25) is 0 Å². The maximum Gasteiger partial charge on any atom is 0.314 e. The molecule has 5 heteroatoms. The summed E-state index contributed by atoms with van der Waals surface area (Å²) in [6.07, 6.45) is 1.18. The molecule has 2 N–H and O–H groups in total. The highest BCUT2D eigenvalue weighted by molar-refractivity contribution is 5.83. The minimum atomic E-state index is -1.39. The van der Waals surface area contributed by atoms with E-state index in [9.17, 15) is 18.7 Å². The monoisotopic (exact) mass is 228 g/mol. The molecule has 86 valence electrons. The molecule has 0 radical (unpaired) electrons. The number of aliphatic carboxylic acids is 1. The van der Waals surface area contributed by atoms with Gasteiger partial charge < -0.3 is 10.2 Å². The molecule has 0 amide bonds. The minimum absolute atomic E-state index is 0.262. The van der Waals surface area contributed by atoms with Crippen molar-refractivity contribution in [1.29, 1.82) is 0 Å². The normalized spacial score (nSPS) is 17.9. The van der Waals surface area contributed by atoms with Gasteiger partial charge in [0.25, 0.3) is 0 Å². The molecule has 16 heavy (non-hydrogen) atoms. The number of carbonyl (C=O) groups is 1. The summed E-state index contributed by atoms with van der Waals surface area (Å²) in [6, 6.07) is 1.33. The zero-order valence-electron chi connectivity index (χ0n) is 8.33. The van der Waals surface area contributed by atoms with Crippen molar-refractivity contribution in [3.63, 3.8) is 0 Å². The van der Waals surface area contributed by atoms with Crippen LogP contribution in [0.3, 0.4) is 0 Å². The Hall–Kier alpha value is -1.65. The molecule has 1 fully saturated rings. The van der Waals surface area contributed by atoms with Crippen molar-refractivity contribution in [2.75, 3.05) is 0 Å². The Kier molecular flexibility index (Phi) is 2.33. The molecule has 0 unspecified atom stereocenters. The van der Waals surface area contributed by atoms with E-state index in [0.717, 1.165) is 6.07 Å². The van der Waals surface area contributed by atoms with E-state index in [1.54, 1.807) is 0 Å². The maximum atomic E-state index is 13.5. The number of aromatic hydroxyl groups is 1. The highest BCUT2D eigenvalue weighted by Crippen LogP contribution is 2.48. The van der Waals surface area contributed by atoms with E-state index < -0.39 is 28.8 Å². The van der Waals surface area contributed by atoms with Crippen LogP contribution >= 0.6 is 0 Å². The first-order valence-electron chi connectivity index (χ1n) is 4.89. The summed E-state index contributed by atoms with van der Waals surface area (Å²) in [5.41, 5.74) is -1.69. The van der Waals surface area contributed by atoms with Crippen LogP contribution in [0.15, 0.2) is 12.1 Å². The lowest BCUT2D eigenvalue weighted by atomic mass is 9.64. The number of carboxylic acid groups (broad SMARTS) is 1. The van der Waals surface area contributed by atoms with Crippen LogP contribution in [0.25, 0.3) is 0 Å². The van der Waals surface area contributed by atoms with E-state index in [0.29, 0.717) is 12.5 Å². The largest absolute Gasteiger partial charge is 0.507 e. The molecule has 1 saturated carbocycles. The average molecular weight is 228 g/mol. The van der Waals surface area contributed by atoms with Crippen LogP contribution in [-0.4, -0.2) is 16.2 Å². The zero-order chi connectivity index (χ0) is 11.9. The Morgan fingerprint density at radius 1 is 1.31 bits per heavy atom. The highest BCUT2D eigenvalue weighted by Gasteiger charge is 2.49. The van der Waals surface area contributed by atoms with Gasteiger partial charge in [0, 0.05) is 17.7 Å². The number of hydrogen-bond acceptors (Lipinski definition) is 2. The minimum Gasteiger partial charge on any atom is -0.507 e. The fourth-order valence-electron chi connectivity index (χ4n) is 2.13. The van der Waals surface area contributed by atoms with Crippen LogP contribution in [0, 0.1) is 11.6 Å². The van der Waals surface area contributed by atoms with Crippen molar-refractivity contribution in [1.82, 2.24) is 0 Å². The molecule has 0 aliphatic heterocycles. The second kappa shape index (κ2) is 3.43. The Labute approximate surface area is 90.3 Å². The first-order chi connectivity index (χ1) is 7.47. The van der Waals surface area contributed by atoms with E-state index >= 15 is 0 Å². The number of halogens is 2. The molecular formula is C11H10F2O3. The fourth-order valence-corrected chi connectivity index (χ4v) is 2.13. The Morgan fingerprint density at radius 3 is 2.31 bits per heavy atom. The first-order valence-corrected chi connectivity index (χ1v) is 4.89. The second-order valence-corrected chi connectivity index (χ2v) is 4.02. The van der Waals surface area contributed by atoms with Crippen molar-refractivity contribution < 1.29 is 23.8 Å². The molecule has 1 aromatic rings. The Bertz CT molecular complexity index is 430. The van der Waals surface area contributed by atoms with E-state index in [1.165, 1.54) is 0 Å². The molecule has 0 saturated heterocycles. The van der Waals surface area contributed by atoms with Crippen LogP contribution in [0.1, 0.15) is 24.8 Å². The van der Waals surface area contributed by atoms with Crippen LogP contribution in [0.4, 0.5) is 8.78 Å². The van der Waals surface area contributed by atoms with Gasteiger partial charge in [0.2, 0.25) is 0 Å². The maximum absolute atomic E-state index is 13.5. The summed E-state index contributed by atoms with van der Waals surface area (Å²) in [4.78, 5) is 11.1. The molecule has 0 bridgehead atoms. The number of phenols is 1. The molecule has 3 nitrogen and oxygen atoms in total. The summed E-state index contributed by atoms with van der Waals surface area (Å²) < 4.78 is 26.3. The number of benzene rings is 1. The number of phenolic OH excluding ortho intramolecular Hbond substituents is 1. The number of rotatable bonds is 2. The smallest absolute Gasteiger partial charge is 0.314 e. The van der Waals surface area contributed by atoms with Crippen LogP contribution in [-0.2, 0) is 10.2 Å². The molecule has 1 aliphatic carbocycles. The summed E-state index contributed by atoms with van der Waals surface area (Å²) in [5.74, 6) is -3.72. The van der Waals surface area contributed by atoms with E-state index in [2.05, 4.69) is 0 Å². The molecule has 2 rings (SSSR count). The summed E-state index contributed by atoms with van der Waals surface area (Å²) in [7, 11) is 0. The molecular weight excluding hydrogens is 218 g/mol. The Morgan fingerprint density at radius 2 is 1.94 bits per heavy atom. The van der Waals surface area contributed by atoms with Gasteiger partial charge in [-0.1, -0.05) is 6.42 Å². The van der Waals surface area contributed by atoms with Gasteiger partial charge in [-0.05, 0) is 12.8 Å². The van der Waals surface area contributed by atoms with Gasteiger partial charge in [-0.2, -0.15) is 0 Å². The molecule has 0 aromatic heterocycles. The van der Waals surface area contributed by atoms with Crippen LogP contribution < -0.4 is 0 Å². The van der Waals surface area contributed by atoms with Gasteiger partial charge in [-0.3, -0.25) is 4.79 Å². The van der Waals surface area contributed by atoms with Gasteiger partial charge in [-0.15, -0.1) is 0 Å². The third-order valence-corrected chi connectivity index (χ3v) is 3.13. The third-order valence-electron chi connectivity index (χ3n) is 3.13. The average Bonchev–Trinajstić information content (AvgIpc) is 2.06. The van der Waals surface area contributed by atoms with Gasteiger partial charge in [0.15, 0.2) is 0 Å². The van der Waals surface area contributed by atoms with Gasteiger partial charge >= 0.3 is 5.97 Å². The highest BCUT2D eigenvalue weighted by atomic mass is 19.1. The lowest BCUT2D eigenvalue weighted by Gasteiger charge is -2.38. The van der Waals surface area contributed by atoms with Crippen molar-refractivity contribution in [2.45, 2.75) is 24.7 Å². The summed E-state index contributed by atoms with van der Waals surface area (Å²) >= 11 is 0. The molecule has 0 spiro atoms. The number of carboxylic acids is 1. The number of hydrogen-bond donors (Lipinski definition) is 2. The predicted octanol–water partition coefficient (Wildman–Crippen LogP) is 2.18. The lowest BCUT2D eigenvalue weighted by Crippen LogP contribution is -2.43. The van der Waals surface area contributed by atoms with Gasteiger partial charge in [0.1, 0.15) is 17.4 Å². The second-order valence-electron chi connectivity index (χ2n) is 4.02. The molecule has 1 aliphatic rings. The quantitative estimate of drug-likeness (QED) is 0.815. The fraction of sp³-hybridized carbons (Fsp3) is 0.364.